The topological polar surface area (TPSA) is 80.1 Å². The molecule has 7 nitrogen and oxygen atoms in total. The van der Waals surface area contributed by atoms with Crippen molar-refractivity contribution in [1.29, 1.82) is 0 Å². The van der Waals surface area contributed by atoms with Gasteiger partial charge in [-0.15, -0.1) is 0 Å². The van der Waals surface area contributed by atoms with Crippen molar-refractivity contribution in [3.63, 3.8) is 0 Å². The highest BCUT2D eigenvalue weighted by atomic mass is 16.2. The molecule has 2 heterocycles. The summed E-state index contributed by atoms with van der Waals surface area (Å²) < 4.78 is 0. The predicted octanol–water partition coefficient (Wildman–Crippen LogP) is -0.220. The van der Waals surface area contributed by atoms with Gasteiger partial charge in [0.2, 0.25) is 11.8 Å². The number of aromatic nitrogens is 3. The summed E-state index contributed by atoms with van der Waals surface area (Å²) in [5.41, 5.74) is 1.54. The summed E-state index contributed by atoms with van der Waals surface area (Å²) in [6.07, 6.45) is 0.347. The van der Waals surface area contributed by atoms with Gasteiger partial charge in [-0.1, -0.05) is 12.1 Å². The van der Waals surface area contributed by atoms with Gasteiger partial charge < -0.3 is 10.2 Å². The van der Waals surface area contributed by atoms with Crippen molar-refractivity contribution in [2.24, 2.45) is 0 Å². The molecule has 0 saturated carbocycles. The smallest absolute Gasteiger partial charge is 0.246 e. The number of carbonyl (C=O) groups is 2. The third-order valence-corrected chi connectivity index (χ3v) is 3.27. The third kappa shape index (κ3) is 2.61. The van der Waals surface area contributed by atoms with E-state index in [0.717, 1.165) is 11.0 Å². The fourth-order valence-corrected chi connectivity index (χ4v) is 2.21. The number of nitrogens with one attached hydrogen (secondary N) is 1. The van der Waals surface area contributed by atoms with Crippen LogP contribution in [0.2, 0.25) is 0 Å². The minimum Gasteiger partial charge on any atom is -0.354 e. The van der Waals surface area contributed by atoms with Crippen molar-refractivity contribution < 1.29 is 9.59 Å². The van der Waals surface area contributed by atoms with E-state index in [1.165, 1.54) is 4.80 Å². The molecule has 104 valence electrons. The Morgan fingerprint density at radius 2 is 1.90 bits per heavy atom. The Labute approximate surface area is 115 Å². The Balaban J connectivity index is 1.70. The molecule has 2 amide bonds. The van der Waals surface area contributed by atoms with Crippen LogP contribution in [0, 0.1) is 0 Å². The Bertz CT molecular complexity index is 618. The molecule has 20 heavy (non-hydrogen) atoms. The first kappa shape index (κ1) is 12.6. The van der Waals surface area contributed by atoms with Gasteiger partial charge in [-0.3, -0.25) is 9.59 Å². The van der Waals surface area contributed by atoms with Crippen molar-refractivity contribution in [3.05, 3.63) is 24.3 Å². The van der Waals surface area contributed by atoms with Crippen LogP contribution in [-0.4, -0.2) is 51.3 Å². The average Bonchev–Trinajstić information content (AvgIpc) is 2.71. The van der Waals surface area contributed by atoms with Gasteiger partial charge >= 0.3 is 0 Å². The predicted molar refractivity (Wildman–Crippen MR) is 71.7 cm³/mol. The lowest BCUT2D eigenvalue weighted by atomic mass is 10.3. The molecule has 1 aromatic carbocycles. The van der Waals surface area contributed by atoms with E-state index < -0.39 is 0 Å². The van der Waals surface area contributed by atoms with Gasteiger partial charge in [-0.2, -0.15) is 15.0 Å². The highest BCUT2D eigenvalue weighted by Gasteiger charge is 2.19. The maximum absolute atomic E-state index is 12.2. The minimum atomic E-state index is -0.0678. The lowest BCUT2D eigenvalue weighted by Crippen LogP contribution is -2.36. The first-order valence-corrected chi connectivity index (χ1v) is 6.57. The molecular formula is C13H15N5O2. The first-order chi connectivity index (χ1) is 9.72. The molecule has 1 saturated heterocycles. The van der Waals surface area contributed by atoms with Gasteiger partial charge in [0.1, 0.15) is 17.6 Å². The molecular weight excluding hydrogens is 258 g/mol. The van der Waals surface area contributed by atoms with Crippen LogP contribution in [0.1, 0.15) is 6.42 Å². The van der Waals surface area contributed by atoms with E-state index in [-0.39, 0.29) is 18.4 Å². The molecule has 0 atom stereocenters. The number of nitrogens with zero attached hydrogens (tertiary/aromatic N) is 4. The van der Waals surface area contributed by atoms with E-state index in [4.69, 9.17) is 0 Å². The zero-order valence-corrected chi connectivity index (χ0v) is 11.0. The molecule has 0 bridgehead atoms. The SMILES string of the molecule is O=C1CCN(C(=O)Cn2nc3ccccc3n2)CCN1. The highest BCUT2D eigenvalue weighted by Crippen LogP contribution is 2.07. The van der Waals surface area contributed by atoms with Gasteiger partial charge in [0.25, 0.3) is 0 Å². The average molecular weight is 273 g/mol. The molecule has 1 fully saturated rings. The molecule has 0 aliphatic carbocycles. The third-order valence-electron chi connectivity index (χ3n) is 3.27. The van der Waals surface area contributed by atoms with Crippen LogP contribution < -0.4 is 5.32 Å². The number of rotatable bonds is 2. The molecule has 7 heteroatoms. The van der Waals surface area contributed by atoms with Gasteiger partial charge in [0.05, 0.1) is 0 Å². The Kier molecular flexibility index (Phi) is 3.32. The fourth-order valence-electron chi connectivity index (χ4n) is 2.21. The molecule has 3 rings (SSSR count). The number of benzene rings is 1. The summed E-state index contributed by atoms with van der Waals surface area (Å²) in [4.78, 5) is 26.5. The van der Waals surface area contributed by atoms with Crippen LogP contribution in [0.4, 0.5) is 0 Å². The largest absolute Gasteiger partial charge is 0.354 e. The zero-order chi connectivity index (χ0) is 13.9. The number of fused-ring (bicyclic) bond motifs is 1. The summed E-state index contributed by atoms with van der Waals surface area (Å²) in [6.45, 7) is 1.58. The summed E-state index contributed by atoms with van der Waals surface area (Å²) >= 11 is 0. The van der Waals surface area contributed by atoms with Gasteiger partial charge in [0.15, 0.2) is 0 Å². The van der Waals surface area contributed by atoms with Crippen LogP contribution in [0.25, 0.3) is 11.0 Å². The molecule has 1 aliphatic heterocycles. The molecule has 1 aromatic heterocycles. The van der Waals surface area contributed by atoms with E-state index in [1.807, 2.05) is 24.3 Å². The summed E-state index contributed by atoms with van der Waals surface area (Å²) in [6, 6.07) is 7.49. The molecule has 1 N–H and O–H groups in total. The second-order valence-electron chi connectivity index (χ2n) is 4.70. The van der Waals surface area contributed by atoms with Crippen LogP contribution in [-0.2, 0) is 16.1 Å². The summed E-state index contributed by atoms with van der Waals surface area (Å²) in [5, 5.41) is 11.3. The molecule has 2 aromatic rings. The number of hydrogen-bond donors (Lipinski definition) is 1. The normalized spacial score (nSPS) is 16.0. The van der Waals surface area contributed by atoms with E-state index >= 15 is 0 Å². The maximum atomic E-state index is 12.2. The van der Waals surface area contributed by atoms with Gasteiger partial charge in [0, 0.05) is 26.1 Å². The van der Waals surface area contributed by atoms with E-state index in [9.17, 15) is 9.59 Å². The highest BCUT2D eigenvalue weighted by molar-refractivity contribution is 5.80. The zero-order valence-electron chi connectivity index (χ0n) is 11.0. The van der Waals surface area contributed by atoms with E-state index in [1.54, 1.807) is 4.90 Å². The van der Waals surface area contributed by atoms with Crippen LogP contribution in [0.15, 0.2) is 24.3 Å². The monoisotopic (exact) mass is 273 g/mol. The molecule has 1 aliphatic rings. The fraction of sp³-hybridized carbons (Fsp3) is 0.385. The lowest BCUT2D eigenvalue weighted by Gasteiger charge is -2.18. The number of carbonyl (C=O) groups excluding carboxylic acids is 2. The van der Waals surface area contributed by atoms with Crippen molar-refractivity contribution >= 4 is 22.8 Å². The molecule has 0 spiro atoms. The van der Waals surface area contributed by atoms with Crippen LogP contribution >= 0.6 is 0 Å². The summed E-state index contributed by atoms with van der Waals surface area (Å²) in [5.74, 6) is -0.0786. The Morgan fingerprint density at radius 3 is 2.60 bits per heavy atom. The quantitative estimate of drug-likeness (QED) is 0.820. The van der Waals surface area contributed by atoms with Gasteiger partial charge in [-0.05, 0) is 12.1 Å². The number of hydrogen-bond acceptors (Lipinski definition) is 4. The molecule has 0 unspecified atom stereocenters. The van der Waals surface area contributed by atoms with Crippen LogP contribution in [0.3, 0.4) is 0 Å². The second kappa shape index (κ2) is 5.28. The number of amides is 2. The van der Waals surface area contributed by atoms with E-state index in [2.05, 4.69) is 15.5 Å². The maximum Gasteiger partial charge on any atom is 0.246 e. The Hall–Kier alpha value is -2.44. The van der Waals surface area contributed by atoms with Crippen LogP contribution in [0.5, 0.6) is 0 Å². The van der Waals surface area contributed by atoms with Crippen molar-refractivity contribution in [2.75, 3.05) is 19.6 Å². The van der Waals surface area contributed by atoms with Crippen molar-refractivity contribution in [1.82, 2.24) is 25.2 Å². The van der Waals surface area contributed by atoms with E-state index in [0.29, 0.717) is 26.1 Å². The first-order valence-electron chi connectivity index (χ1n) is 6.57. The van der Waals surface area contributed by atoms with Gasteiger partial charge in [-0.25, -0.2) is 0 Å². The van der Waals surface area contributed by atoms with Crippen molar-refractivity contribution in [2.45, 2.75) is 13.0 Å². The standard InChI is InChI=1S/C13H15N5O2/c19-12-5-7-17(8-6-14-12)13(20)9-18-15-10-3-1-2-4-11(10)16-18/h1-4H,5-9H2,(H,14,19). The minimum absolute atomic E-state index is 0.0109. The Morgan fingerprint density at radius 1 is 1.20 bits per heavy atom. The summed E-state index contributed by atoms with van der Waals surface area (Å²) in [7, 11) is 0. The second-order valence-corrected chi connectivity index (χ2v) is 4.70. The lowest BCUT2D eigenvalue weighted by molar-refractivity contribution is -0.132. The van der Waals surface area contributed by atoms with Crippen molar-refractivity contribution in [3.8, 4) is 0 Å². The molecule has 0 radical (unpaired) electrons.